The molecule has 0 fully saturated rings. The molecule has 0 unspecified atom stereocenters. The molecule has 1 N–H and O–H groups in total. The minimum Gasteiger partial charge on any atom is -0.497 e. The summed E-state index contributed by atoms with van der Waals surface area (Å²) < 4.78 is 10.7. The molecular weight excluding hydrogens is 375 g/mol. The van der Waals surface area contributed by atoms with E-state index in [1.54, 1.807) is 61.7 Å². The lowest BCUT2D eigenvalue weighted by atomic mass is 10.2. The van der Waals surface area contributed by atoms with E-state index < -0.39 is 0 Å². The van der Waals surface area contributed by atoms with Gasteiger partial charge in [0.15, 0.2) is 0 Å². The van der Waals surface area contributed by atoms with Crippen molar-refractivity contribution in [2.75, 3.05) is 12.4 Å². The molecule has 0 saturated carbocycles. The van der Waals surface area contributed by atoms with Crippen molar-refractivity contribution in [3.05, 3.63) is 76.4 Å². The van der Waals surface area contributed by atoms with Gasteiger partial charge in [-0.1, -0.05) is 29.3 Å². The van der Waals surface area contributed by atoms with Crippen LogP contribution in [0.2, 0.25) is 10.0 Å². The van der Waals surface area contributed by atoms with Crippen molar-refractivity contribution in [2.45, 2.75) is 0 Å². The number of hydrogen-bond donors (Lipinski definition) is 1. The number of methoxy groups -OCH3 is 1. The van der Waals surface area contributed by atoms with Gasteiger partial charge in [0.1, 0.15) is 11.5 Å². The summed E-state index contributed by atoms with van der Waals surface area (Å²) in [5.41, 5.74) is 1.02. The summed E-state index contributed by atoms with van der Waals surface area (Å²) in [5, 5.41) is 3.67. The molecule has 5 nitrogen and oxygen atoms in total. The molecule has 0 saturated heterocycles. The summed E-state index contributed by atoms with van der Waals surface area (Å²) in [6, 6.07) is 15.1. The van der Waals surface area contributed by atoms with Crippen molar-refractivity contribution in [3.8, 4) is 17.4 Å². The maximum atomic E-state index is 12.3. The van der Waals surface area contributed by atoms with Crippen LogP contribution in [-0.2, 0) is 0 Å². The number of benzene rings is 2. The SMILES string of the molecule is COc1cccc(C(=O)Nc2ccc(Oc3ccc(Cl)cc3Cl)nc2)c1. The standard InChI is InChI=1S/C19H14Cl2N2O3/c1-25-15-4-2-3-12(9-15)19(24)23-14-6-8-18(22-11-14)26-17-7-5-13(20)10-16(17)21/h2-11H,1H3,(H,23,24). The van der Waals surface area contributed by atoms with Crippen molar-refractivity contribution >= 4 is 34.8 Å². The van der Waals surface area contributed by atoms with Gasteiger partial charge in [-0.3, -0.25) is 4.79 Å². The first-order valence-corrected chi connectivity index (χ1v) is 8.35. The predicted molar refractivity (Wildman–Crippen MR) is 102 cm³/mol. The molecule has 26 heavy (non-hydrogen) atoms. The van der Waals surface area contributed by atoms with E-state index in [1.807, 2.05) is 0 Å². The van der Waals surface area contributed by atoms with E-state index in [0.717, 1.165) is 0 Å². The van der Waals surface area contributed by atoms with Gasteiger partial charge in [-0.2, -0.15) is 0 Å². The summed E-state index contributed by atoms with van der Waals surface area (Å²) in [7, 11) is 1.55. The topological polar surface area (TPSA) is 60.5 Å². The Morgan fingerprint density at radius 1 is 1.08 bits per heavy atom. The van der Waals surface area contributed by atoms with E-state index in [0.29, 0.717) is 38.7 Å². The molecule has 0 aliphatic rings. The quantitative estimate of drug-likeness (QED) is 0.631. The van der Waals surface area contributed by atoms with Crippen molar-refractivity contribution in [1.82, 2.24) is 4.98 Å². The molecule has 2 aromatic carbocycles. The lowest BCUT2D eigenvalue weighted by Gasteiger charge is -2.09. The van der Waals surface area contributed by atoms with E-state index in [9.17, 15) is 4.79 Å². The first-order chi connectivity index (χ1) is 12.5. The smallest absolute Gasteiger partial charge is 0.255 e. The maximum Gasteiger partial charge on any atom is 0.255 e. The Hall–Kier alpha value is -2.76. The summed E-state index contributed by atoms with van der Waals surface area (Å²) in [6.45, 7) is 0. The highest BCUT2D eigenvalue weighted by atomic mass is 35.5. The molecule has 0 spiro atoms. The third kappa shape index (κ3) is 4.45. The minimum absolute atomic E-state index is 0.264. The van der Waals surface area contributed by atoms with Gasteiger partial charge in [-0.15, -0.1) is 0 Å². The monoisotopic (exact) mass is 388 g/mol. The highest BCUT2D eigenvalue weighted by molar-refractivity contribution is 6.35. The van der Waals surface area contributed by atoms with Crippen LogP contribution in [0.25, 0.3) is 0 Å². The maximum absolute atomic E-state index is 12.3. The van der Waals surface area contributed by atoms with Crippen molar-refractivity contribution < 1.29 is 14.3 Å². The van der Waals surface area contributed by atoms with E-state index >= 15 is 0 Å². The zero-order chi connectivity index (χ0) is 18.5. The fraction of sp³-hybridized carbons (Fsp3) is 0.0526. The Morgan fingerprint density at radius 3 is 2.62 bits per heavy atom. The normalized spacial score (nSPS) is 10.3. The number of hydrogen-bond acceptors (Lipinski definition) is 4. The Kier molecular flexibility index (Phi) is 5.61. The van der Waals surface area contributed by atoms with Crippen molar-refractivity contribution in [1.29, 1.82) is 0 Å². The van der Waals surface area contributed by atoms with E-state index in [1.165, 1.54) is 6.20 Å². The number of nitrogens with one attached hydrogen (secondary N) is 1. The van der Waals surface area contributed by atoms with Crippen LogP contribution < -0.4 is 14.8 Å². The number of rotatable bonds is 5. The molecular formula is C19H14Cl2N2O3. The summed E-state index contributed by atoms with van der Waals surface area (Å²) in [5.74, 6) is 1.13. The lowest BCUT2D eigenvalue weighted by Crippen LogP contribution is -2.12. The molecule has 0 aliphatic heterocycles. The molecule has 0 atom stereocenters. The van der Waals surface area contributed by atoms with Crippen LogP contribution in [0.3, 0.4) is 0 Å². The van der Waals surface area contributed by atoms with Crippen LogP contribution in [0.1, 0.15) is 10.4 Å². The van der Waals surface area contributed by atoms with Gasteiger partial charge in [0.05, 0.1) is 24.0 Å². The zero-order valence-electron chi connectivity index (χ0n) is 13.7. The predicted octanol–water partition coefficient (Wildman–Crippen LogP) is 5.44. The second kappa shape index (κ2) is 8.08. The van der Waals surface area contributed by atoms with E-state index in [-0.39, 0.29) is 5.91 Å². The second-order valence-corrected chi connectivity index (χ2v) is 6.09. The molecule has 3 rings (SSSR count). The molecule has 0 radical (unpaired) electrons. The highest BCUT2D eigenvalue weighted by Crippen LogP contribution is 2.31. The number of pyridine rings is 1. The van der Waals surface area contributed by atoms with Gasteiger partial charge in [0.25, 0.3) is 5.91 Å². The third-order valence-corrected chi connectivity index (χ3v) is 3.97. The van der Waals surface area contributed by atoms with Gasteiger partial charge in [0.2, 0.25) is 5.88 Å². The summed E-state index contributed by atoms with van der Waals surface area (Å²) in [6.07, 6.45) is 1.50. The summed E-state index contributed by atoms with van der Waals surface area (Å²) >= 11 is 11.9. The molecule has 0 bridgehead atoms. The molecule has 1 heterocycles. The number of nitrogens with zero attached hydrogens (tertiary/aromatic N) is 1. The summed E-state index contributed by atoms with van der Waals surface area (Å²) in [4.78, 5) is 16.4. The largest absolute Gasteiger partial charge is 0.497 e. The Bertz CT molecular complexity index is 930. The van der Waals surface area contributed by atoms with Crippen LogP contribution >= 0.6 is 23.2 Å². The van der Waals surface area contributed by atoms with E-state index in [2.05, 4.69) is 10.3 Å². The lowest BCUT2D eigenvalue weighted by molar-refractivity contribution is 0.102. The molecule has 1 amide bonds. The van der Waals surface area contributed by atoms with E-state index in [4.69, 9.17) is 32.7 Å². The van der Waals surface area contributed by atoms with Crippen LogP contribution in [0, 0.1) is 0 Å². The molecule has 132 valence electrons. The Balaban J connectivity index is 1.68. The zero-order valence-corrected chi connectivity index (χ0v) is 15.2. The number of anilines is 1. The highest BCUT2D eigenvalue weighted by Gasteiger charge is 2.09. The Morgan fingerprint density at radius 2 is 1.92 bits per heavy atom. The van der Waals surface area contributed by atoms with Crippen LogP contribution in [0.5, 0.6) is 17.4 Å². The Labute approximate surface area is 160 Å². The van der Waals surface area contributed by atoms with Crippen LogP contribution in [0.4, 0.5) is 5.69 Å². The van der Waals surface area contributed by atoms with Gasteiger partial charge in [-0.05, 0) is 42.5 Å². The number of aromatic nitrogens is 1. The fourth-order valence-electron chi connectivity index (χ4n) is 2.15. The second-order valence-electron chi connectivity index (χ2n) is 5.25. The van der Waals surface area contributed by atoms with Crippen LogP contribution in [-0.4, -0.2) is 18.0 Å². The fourth-order valence-corrected chi connectivity index (χ4v) is 2.60. The average Bonchev–Trinajstić information content (AvgIpc) is 2.65. The van der Waals surface area contributed by atoms with Gasteiger partial charge >= 0.3 is 0 Å². The van der Waals surface area contributed by atoms with Gasteiger partial charge in [-0.25, -0.2) is 4.98 Å². The molecule has 7 heteroatoms. The molecule has 1 aromatic heterocycles. The number of ether oxygens (including phenoxy) is 2. The average molecular weight is 389 g/mol. The third-order valence-electron chi connectivity index (χ3n) is 3.43. The first kappa shape index (κ1) is 18.0. The van der Waals surface area contributed by atoms with Crippen molar-refractivity contribution in [3.63, 3.8) is 0 Å². The minimum atomic E-state index is -0.264. The number of halogens is 2. The molecule has 0 aliphatic carbocycles. The van der Waals surface area contributed by atoms with Gasteiger partial charge < -0.3 is 14.8 Å². The number of carbonyl (C=O) groups is 1. The first-order valence-electron chi connectivity index (χ1n) is 7.59. The van der Waals surface area contributed by atoms with Crippen LogP contribution in [0.15, 0.2) is 60.8 Å². The number of amides is 1. The van der Waals surface area contributed by atoms with Gasteiger partial charge in [0, 0.05) is 16.7 Å². The molecule has 3 aromatic rings. The van der Waals surface area contributed by atoms with Crippen molar-refractivity contribution in [2.24, 2.45) is 0 Å². The number of carbonyl (C=O) groups excluding carboxylic acids is 1.